The molecule has 1 rings (SSSR count). The van der Waals surface area contributed by atoms with Gasteiger partial charge < -0.3 is 0 Å². The predicted molar refractivity (Wildman–Crippen MR) is 60.8 cm³/mol. The third-order valence-corrected chi connectivity index (χ3v) is 4.68. The summed E-state index contributed by atoms with van der Waals surface area (Å²) in [7, 11) is -3.03. The average Bonchev–Trinajstić information content (AvgIpc) is 2.10. The molecule has 90 valence electrons. The van der Waals surface area contributed by atoms with E-state index in [4.69, 9.17) is 9.05 Å². The molecule has 0 saturated carbocycles. The molecule has 5 heteroatoms. The van der Waals surface area contributed by atoms with Crippen molar-refractivity contribution in [2.45, 2.75) is 40.7 Å². The smallest absolute Gasteiger partial charge is 0.297 e. The number of hydrogen-bond acceptors (Lipinski definition) is 3. The summed E-state index contributed by atoms with van der Waals surface area (Å²) in [5, 5.41) is 0. The van der Waals surface area contributed by atoms with Crippen LogP contribution in [0, 0.1) is 5.41 Å². The molecule has 4 nitrogen and oxygen atoms in total. The lowest BCUT2D eigenvalue weighted by atomic mass is 9.94. The Morgan fingerprint density at radius 1 is 1.53 bits per heavy atom. The minimum absolute atomic E-state index is 0.0370. The van der Waals surface area contributed by atoms with Gasteiger partial charge >= 0.3 is 7.75 Å². The normalized spacial score (nSPS) is 32.1. The zero-order chi connectivity index (χ0) is 11.7. The van der Waals surface area contributed by atoms with Gasteiger partial charge in [0.25, 0.3) is 0 Å². The molecule has 0 aromatic carbocycles. The first-order valence-electron chi connectivity index (χ1n) is 5.47. The standard InChI is InChI=1S/C10H22NO3P/c1-6-13-15(12)11(9(2)3)7-10(4,5)8-14-15/h9H,6-8H2,1-5H3. The van der Waals surface area contributed by atoms with E-state index >= 15 is 0 Å². The summed E-state index contributed by atoms with van der Waals surface area (Å²) in [4.78, 5) is 0. The Balaban J connectivity index is 2.85. The van der Waals surface area contributed by atoms with Crippen LogP contribution in [0.5, 0.6) is 0 Å². The van der Waals surface area contributed by atoms with Crippen molar-refractivity contribution in [1.82, 2.24) is 4.67 Å². The van der Waals surface area contributed by atoms with Crippen LogP contribution in [-0.2, 0) is 13.6 Å². The molecule has 1 unspecified atom stereocenters. The van der Waals surface area contributed by atoms with Gasteiger partial charge in [0, 0.05) is 18.0 Å². The molecule has 0 radical (unpaired) electrons. The number of hydrogen-bond donors (Lipinski definition) is 0. The van der Waals surface area contributed by atoms with Gasteiger partial charge in [0.1, 0.15) is 0 Å². The second kappa shape index (κ2) is 4.54. The van der Waals surface area contributed by atoms with Crippen LogP contribution in [0.15, 0.2) is 0 Å². The largest absolute Gasteiger partial charge is 0.408 e. The monoisotopic (exact) mass is 235 g/mol. The Morgan fingerprint density at radius 2 is 2.13 bits per heavy atom. The van der Waals surface area contributed by atoms with E-state index in [-0.39, 0.29) is 11.5 Å². The van der Waals surface area contributed by atoms with E-state index in [1.54, 1.807) is 0 Å². The van der Waals surface area contributed by atoms with E-state index in [1.165, 1.54) is 0 Å². The Hall–Kier alpha value is 0.110. The third kappa shape index (κ3) is 3.04. The van der Waals surface area contributed by atoms with Crippen LogP contribution in [-0.4, -0.2) is 30.5 Å². The van der Waals surface area contributed by atoms with Gasteiger partial charge in [-0.05, 0) is 20.8 Å². The SMILES string of the molecule is CCOP1(=O)OCC(C)(C)CN1C(C)C. The highest BCUT2D eigenvalue weighted by Gasteiger charge is 2.44. The van der Waals surface area contributed by atoms with Gasteiger partial charge in [-0.1, -0.05) is 13.8 Å². The molecule has 0 amide bonds. The Labute approximate surface area is 92.5 Å². The molecule has 0 spiro atoms. The van der Waals surface area contributed by atoms with Crippen molar-refractivity contribution >= 4 is 7.75 Å². The van der Waals surface area contributed by atoms with Crippen LogP contribution >= 0.6 is 7.75 Å². The lowest BCUT2D eigenvalue weighted by Crippen LogP contribution is -2.44. The summed E-state index contributed by atoms with van der Waals surface area (Å²) in [5.41, 5.74) is 0.0370. The fourth-order valence-corrected chi connectivity index (χ4v) is 3.97. The Kier molecular flexibility index (Phi) is 3.99. The van der Waals surface area contributed by atoms with Gasteiger partial charge in [-0.25, -0.2) is 9.24 Å². The quantitative estimate of drug-likeness (QED) is 0.705. The first kappa shape index (κ1) is 13.2. The Morgan fingerprint density at radius 3 is 2.60 bits per heavy atom. The van der Waals surface area contributed by atoms with Crippen molar-refractivity contribution in [3.63, 3.8) is 0 Å². The molecule has 1 aliphatic heterocycles. The van der Waals surface area contributed by atoms with E-state index in [1.807, 2.05) is 25.4 Å². The third-order valence-electron chi connectivity index (χ3n) is 2.41. The average molecular weight is 235 g/mol. The second-order valence-electron chi connectivity index (χ2n) is 5.02. The van der Waals surface area contributed by atoms with Gasteiger partial charge in [0.05, 0.1) is 13.2 Å². The molecule has 1 fully saturated rings. The van der Waals surface area contributed by atoms with Crippen LogP contribution in [0.2, 0.25) is 0 Å². The van der Waals surface area contributed by atoms with Gasteiger partial charge in [-0.2, -0.15) is 0 Å². The second-order valence-corrected chi connectivity index (χ2v) is 6.98. The summed E-state index contributed by atoms with van der Waals surface area (Å²) in [6.07, 6.45) is 0. The van der Waals surface area contributed by atoms with Crippen molar-refractivity contribution < 1.29 is 13.6 Å². The van der Waals surface area contributed by atoms with Crippen LogP contribution < -0.4 is 0 Å². The zero-order valence-corrected chi connectivity index (χ0v) is 11.2. The van der Waals surface area contributed by atoms with Crippen molar-refractivity contribution in [2.75, 3.05) is 19.8 Å². The van der Waals surface area contributed by atoms with Gasteiger partial charge in [-0.3, -0.25) is 9.05 Å². The van der Waals surface area contributed by atoms with E-state index in [2.05, 4.69) is 13.8 Å². The maximum absolute atomic E-state index is 12.4. The fraction of sp³-hybridized carbons (Fsp3) is 1.00. The van der Waals surface area contributed by atoms with Crippen molar-refractivity contribution in [2.24, 2.45) is 5.41 Å². The molecule has 1 heterocycles. The number of nitrogens with zero attached hydrogens (tertiary/aromatic N) is 1. The first-order valence-corrected chi connectivity index (χ1v) is 6.96. The molecule has 1 atom stereocenters. The molecule has 1 saturated heterocycles. The summed E-state index contributed by atoms with van der Waals surface area (Å²) >= 11 is 0. The first-order chi connectivity index (χ1) is 6.81. The molecule has 0 aliphatic carbocycles. The maximum atomic E-state index is 12.4. The van der Waals surface area contributed by atoms with E-state index < -0.39 is 7.75 Å². The van der Waals surface area contributed by atoms with Crippen LogP contribution in [0.25, 0.3) is 0 Å². The molecule has 15 heavy (non-hydrogen) atoms. The van der Waals surface area contributed by atoms with Crippen molar-refractivity contribution in [3.8, 4) is 0 Å². The van der Waals surface area contributed by atoms with E-state index in [9.17, 15) is 4.57 Å². The summed E-state index contributed by atoms with van der Waals surface area (Å²) < 4.78 is 25.0. The molecule has 1 aliphatic rings. The molecular formula is C10H22NO3P. The summed E-state index contributed by atoms with van der Waals surface area (Å²) in [6.45, 7) is 11.7. The van der Waals surface area contributed by atoms with Crippen LogP contribution in [0.4, 0.5) is 0 Å². The minimum Gasteiger partial charge on any atom is -0.297 e. The van der Waals surface area contributed by atoms with E-state index in [0.29, 0.717) is 13.2 Å². The topological polar surface area (TPSA) is 38.8 Å². The minimum atomic E-state index is -3.03. The highest BCUT2D eigenvalue weighted by Crippen LogP contribution is 2.57. The summed E-state index contributed by atoms with van der Waals surface area (Å²) in [5.74, 6) is 0. The Bertz CT molecular complexity index is 265. The predicted octanol–water partition coefficient (Wildman–Crippen LogP) is 2.90. The summed E-state index contributed by atoms with van der Waals surface area (Å²) in [6, 6.07) is 0.168. The highest BCUT2D eigenvalue weighted by atomic mass is 31.2. The zero-order valence-electron chi connectivity index (χ0n) is 10.3. The van der Waals surface area contributed by atoms with E-state index in [0.717, 1.165) is 6.54 Å². The molecular weight excluding hydrogens is 213 g/mol. The fourth-order valence-electron chi connectivity index (χ4n) is 1.64. The molecule has 0 bridgehead atoms. The van der Waals surface area contributed by atoms with Crippen molar-refractivity contribution in [3.05, 3.63) is 0 Å². The lowest BCUT2D eigenvalue weighted by molar-refractivity contribution is 0.0422. The van der Waals surface area contributed by atoms with Crippen LogP contribution in [0.3, 0.4) is 0 Å². The highest BCUT2D eigenvalue weighted by molar-refractivity contribution is 7.51. The lowest BCUT2D eigenvalue weighted by Gasteiger charge is -2.43. The number of rotatable bonds is 3. The van der Waals surface area contributed by atoms with Crippen molar-refractivity contribution in [1.29, 1.82) is 0 Å². The van der Waals surface area contributed by atoms with Crippen LogP contribution in [0.1, 0.15) is 34.6 Å². The van der Waals surface area contributed by atoms with Gasteiger partial charge in [0.2, 0.25) is 0 Å². The van der Waals surface area contributed by atoms with Gasteiger partial charge in [-0.15, -0.1) is 0 Å². The molecule has 0 aromatic heterocycles. The molecule has 0 N–H and O–H groups in total. The molecule has 0 aromatic rings. The van der Waals surface area contributed by atoms with Gasteiger partial charge in [0.15, 0.2) is 0 Å². The maximum Gasteiger partial charge on any atom is 0.408 e.